The van der Waals surface area contributed by atoms with Gasteiger partial charge < -0.3 is 15.3 Å². The Labute approximate surface area is 145 Å². The van der Waals surface area contributed by atoms with Crippen LogP contribution in [0, 0.1) is 0 Å². The number of hydrogen-bond donors (Lipinski definition) is 2. The van der Waals surface area contributed by atoms with Crippen LogP contribution >= 0.6 is 11.6 Å². The number of aliphatic hydroxyl groups is 1. The molecule has 0 aliphatic carbocycles. The Morgan fingerprint density at radius 1 is 1.12 bits per heavy atom. The number of nitrogens with one attached hydrogen (secondary N) is 1. The fraction of sp³-hybridized carbons (Fsp3) is 0.211. The van der Waals surface area contributed by atoms with Gasteiger partial charge in [-0.3, -0.25) is 4.79 Å². The summed E-state index contributed by atoms with van der Waals surface area (Å²) in [5, 5.41) is 15.2. The van der Waals surface area contributed by atoms with Crippen LogP contribution in [0.4, 0.5) is 0 Å². The van der Waals surface area contributed by atoms with Crippen molar-refractivity contribution in [2.75, 3.05) is 13.1 Å². The van der Waals surface area contributed by atoms with Gasteiger partial charge in [0.25, 0.3) is 0 Å². The number of carbonyl (C=O) groups excluding carboxylic acids is 1. The molecular formula is C19H17ClN2O2. The maximum atomic E-state index is 12.9. The van der Waals surface area contributed by atoms with E-state index in [0.29, 0.717) is 29.2 Å². The lowest BCUT2D eigenvalue weighted by molar-refractivity contribution is -0.0744. The number of benzene rings is 2. The second kappa shape index (κ2) is 5.65. The van der Waals surface area contributed by atoms with Crippen LogP contribution in [0.3, 0.4) is 0 Å². The Bertz CT molecular complexity index is 817. The molecule has 2 aliphatic rings. The summed E-state index contributed by atoms with van der Waals surface area (Å²) in [6.45, 7) is 1.38. The van der Waals surface area contributed by atoms with Crippen molar-refractivity contribution in [2.45, 2.75) is 12.1 Å². The summed E-state index contributed by atoms with van der Waals surface area (Å²) >= 11 is 5.91. The normalized spacial score (nSPS) is 22.5. The molecule has 2 aliphatic heterocycles. The fourth-order valence-corrected chi connectivity index (χ4v) is 3.61. The van der Waals surface area contributed by atoms with E-state index in [4.69, 9.17) is 11.6 Å². The van der Waals surface area contributed by atoms with Crippen molar-refractivity contribution < 1.29 is 9.90 Å². The molecule has 24 heavy (non-hydrogen) atoms. The van der Waals surface area contributed by atoms with Crippen LogP contribution in [-0.2, 0) is 5.72 Å². The van der Waals surface area contributed by atoms with E-state index in [-0.39, 0.29) is 12.2 Å². The van der Waals surface area contributed by atoms with Crippen LogP contribution in [0.5, 0.6) is 0 Å². The molecule has 1 unspecified atom stereocenters. The van der Waals surface area contributed by atoms with Crippen LogP contribution in [0.2, 0.25) is 5.02 Å². The predicted octanol–water partition coefficient (Wildman–Crippen LogP) is 2.89. The van der Waals surface area contributed by atoms with Gasteiger partial charge in [0.1, 0.15) is 5.82 Å². The average molecular weight is 341 g/mol. The highest BCUT2D eigenvalue weighted by Crippen LogP contribution is 2.44. The van der Waals surface area contributed by atoms with Gasteiger partial charge in [0.15, 0.2) is 11.5 Å². The molecule has 4 rings (SSSR count). The Morgan fingerprint density at radius 2 is 1.83 bits per heavy atom. The number of carbonyl (C=O) groups is 1. The lowest BCUT2D eigenvalue weighted by atomic mass is 9.93. The van der Waals surface area contributed by atoms with Crippen molar-refractivity contribution in [1.82, 2.24) is 10.2 Å². The molecule has 1 fully saturated rings. The minimum Gasteiger partial charge on any atom is -0.370 e. The van der Waals surface area contributed by atoms with Gasteiger partial charge in [0, 0.05) is 41.2 Å². The number of nitrogens with zero attached hydrogens (tertiary/aromatic N) is 1. The van der Waals surface area contributed by atoms with Gasteiger partial charge >= 0.3 is 0 Å². The van der Waals surface area contributed by atoms with E-state index in [1.54, 1.807) is 24.3 Å². The number of ketones is 1. The van der Waals surface area contributed by atoms with E-state index in [1.165, 1.54) is 0 Å². The molecule has 2 aromatic rings. The van der Waals surface area contributed by atoms with E-state index in [0.717, 1.165) is 11.4 Å². The number of halogens is 1. The Hall–Kier alpha value is -2.30. The zero-order chi connectivity index (χ0) is 16.7. The fourth-order valence-electron chi connectivity index (χ4n) is 3.48. The van der Waals surface area contributed by atoms with Crippen LogP contribution in [0.15, 0.2) is 66.0 Å². The first-order valence-electron chi connectivity index (χ1n) is 7.92. The summed E-state index contributed by atoms with van der Waals surface area (Å²) in [6, 6.07) is 16.4. The maximum Gasteiger partial charge on any atom is 0.192 e. The minimum absolute atomic E-state index is 0.0760. The third-order valence-electron chi connectivity index (χ3n) is 4.67. The zero-order valence-electron chi connectivity index (χ0n) is 13.0. The topological polar surface area (TPSA) is 52.6 Å². The van der Waals surface area contributed by atoms with Gasteiger partial charge in [0.05, 0.1) is 0 Å². The number of hydrogen-bond acceptors (Lipinski definition) is 4. The van der Waals surface area contributed by atoms with Crippen LogP contribution in [0.25, 0.3) is 0 Å². The SMILES string of the molecule is O=C(C1=C2NCCN2C(O)(c2ccccc2)C1)c1ccc(Cl)cc1. The van der Waals surface area contributed by atoms with Crippen LogP contribution < -0.4 is 5.32 Å². The van der Waals surface area contributed by atoms with Gasteiger partial charge in [-0.25, -0.2) is 0 Å². The third-order valence-corrected chi connectivity index (χ3v) is 4.92. The first kappa shape index (κ1) is 15.2. The zero-order valence-corrected chi connectivity index (χ0v) is 13.8. The van der Waals surface area contributed by atoms with Crippen LogP contribution in [-0.4, -0.2) is 28.9 Å². The molecule has 2 heterocycles. The standard InChI is InChI=1S/C19H17ClN2O2/c20-15-8-6-13(7-9-15)17(23)16-12-19(24,14-4-2-1-3-5-14)22-11-10-21-18(16)22/h1-9,21,24H,10-12H2. The van der Waals surface area contributed by atoms with Crippen molar-refractivity contribution in [3.63, 3.8) is 0 Å². The minimum atomic E-state index is -1.18. The third kappa shape index (κ3) is 2.30. The molecule has 2 N–H and O–H groups in total. The molecular weight excluding hydrogens is 324 g/mol. The quantitative estimate of drug-likeness (QED) is 0.844. The number of Topliss-reactive ketones (excluding diaryl/α,β-unsaturated/α-hetero) is 1. The lowest BCUT2D eigenvalue weighted by Gasteiger charge is -2.33. The Balaban J connectivity index is 1.73. The average Bonchev–Trinajstić information content (AvgIpc) is 3.19. The molecule has 5 heteroatoms. The second-order valence-corrected chi connectivity index (χ2v) is 6.54. The monoisotopic (exact) mass is 340 g/mol. The first-order valence-corrected chi connectivity index (χ1v) is 8.30. The number of fused-ring (bicyclic) bond motifs is 1. The summed E-state index contributed by atoms with van der Waals surface area (Å²) in [6.07, 6.45) is 0.265. The molecule has 2 aromatic carbocycles. The molecule has 1 atom stereocenters. The lowest BCUT2D eigenvalue weighted by Crippen LogP contribution is -2.40. The van der Waals surface area contributed by atoms with Gasteiger partial charge in [-0.05, 0) is 24.3 Å². The molecule has 0 saturated carbocycles. The smallest absolute Gasteiger partial charge is 0.192 e. The summed E-state index contributed by atoms with van der Waals surface area (Å²) in [7, 11) is 0. The summed E-state index contributed by atoms with van der Waals surface area (Å²) in [5.74, 6) is 0.661. The summed E-state index contributed by atoms with van der Waals surface area (Å²) < 4.78 is 0. The summed E-state index contributed by atoms with van der Waals surface area (Å²) in [4.78, 5) is 14.8. The van der Waals surface area contributed by atoms with Gasteiger partial charge in [-0.2, -0.15) is 0 Å². The maximum absolute atomic E-state index is 12.9. The molecule has 1 saturated heterocycles. The predicted molar refractivity (Wildman–Crippen MR) is 92.5 cm³/mol. The highest BCUT2D eigenvalue weighted by atomic mass is 35.5. The highest BCUT2D eigenvalue weighted by Gasteiger charge is 2.48. The van der Waals surface area contributed by atoms with Crippen molar-refractivity contribution in [3.05, 3.63) is 82.1 Å². The largest absolute Gasteiger partial charge is 0.370 e. The van der Waals surface area contributed by atoms with Crippen LogP contribution in [0.1, 0.15) is 22.3 Å². The van der Waals surface area contributed by atoms with E-state index in [9.17, 15) is 9.90 Å². The van der Waals surface area contributed by atoms with Crippen molar-refractivity contribution >= 4 is 17.4 Å². The molecule has 0 aromatic heterocycles. The Kier molecular flexibility index (Phi) is 3.59. The molecule has 4 nitrogen and oxygen atoms in total. The van der Waals surface area contributed by atoms with Gasteiger partial charge in [-0.1, -0.05) is 41.9 Å². The van der Waals surface area contributed by atoms with E-state index in [1.807, 2.05) is 35.2 Å². The molecule has 0 bridgehead atoms. The van der Waals surface area contributed by atoms with Crippen molar-refractivity contribution in [1.29, 1.82) is 0 Å². The first-order chi connectivity index (χ1) is 11.6. The molecule has 0 spiro atoms. The number of rotatable bonds is 3. The molecule has 0 amide bonds. The van der Waals surface area contributed by atoms with Gasteiger partial charge in [-0.15, -0.1) is 0 Å². The van der Waals surface area contributed by atoms with Crippen molar-refractivity contribution in [2.24, 2.45) is 0 Å². The van der Waals surface area contributed by atoms with E-state index in [2.05, 4.69) is 5.32 Å². The second-order valence-electron chi connectivity index (χ2n) is 6.10. The Morgan fingerprint density at radius 3 is 2.54 bits per heavy atom. The van der Waals surface area contributed by atoms with E-state index >= 15 is 0 Å². The highest BCUT2D eigenvalue weighted by molar-refractivity contribution is 6.30. The van der Waals surface area contributed by atoms with Crippen molar-refractivity contribution in [3.8, 4) is 0 Å². The van der Waals surface area contributed by atoms with Gasteiger partial charge in [0.2, 0.25) is 0 Å². The van der Waals surface area contributed by atoms with E-state index < -0.39 is 5.72 Å². The summed E-state index contributed by atoms with van der Waals surface area (Å²) in [5.41, 5.74) is 0.802. The molecule has 0 radical (unpaired) electrons. The molecule has 122 valence electrons.